The molecule has 0 aliphatic carbocycles. The van der Waals surface area contributed by atoms with Crippen LogP contribution in [-0.2, 0) is 22.6 Å². The number of nitrogens with zero attached hydrogens (tertiary/aromatic N) is 2. The van der Waals surface area contributed by atoms with Crippen molar-refractivity contribution >= 4 is 57.8 Å². The van der Waals surface area contributed by atoms with E-state index < -0.39 is 6.61 Å². The van der Waals surface area contributed by atoms with Gasteiger partial charge in [0, 0.05) is 66.7 Å². The molecule has 0 bridgehead atoms. The van der Waals surface area contributed by atoms with Crippen molar-refractivity contribution in [1.82, 2.24) is 15.2 Å². The van der Waals surface area contributed by atoms with E-state index >= 15 is 0 Å². The van der Waals surface area contributed by atoms with Crippen LogP contribution in [0, 0.1) is 0 Å². The molecule has 1 aliphatic heterocycles. The fourth-order valence-electron chi connectivity index (χ4n) is 3.51. The molecule has 31 heavy (non-hydrogen) atoms. The summed E-state index contributed by atoms with van der Waals surface area (Å²) < 4.78 is 0. The number of carbonyl (C=O) groups excluding carboxylic acids is 2. The van der Waals surface area contributed by atoms with Gasteiger partial charge in [0.1, 0.15) is 13.2 Å². The van der Waals surface area contributed by atoms with Gasteiger partial charge in [-0.05, 0) is 12.1 Å². The van der Waals surface area contributed by atoms with Crippen LogP contribution in [0.5, 0.6) is 0 Å². The van der Waals surface area contributed by atoms with E-state index in [9.17, 15) is 14.7 Å². The maximum absolute atomic E-state index is 12.0. The van der Waals surface area contributed by atoms with Crippen LogP contribution in [0.1, 0.15) is 16.8 Å². The minimum Gasteiger partial charge on any atom is -0.398 e. The number of carbonyl (C=O) groups is 2. The SMILES string of the molecule is NCCNC(=O)CN=CC=C(N)c1cc(Cl)c(Cl)c2[nH]c3c(c12)CN(C(=O)CO)CC3. The van der Waals surface area contributed by atoms with Gasteiger partial charge in [0.05, 0.1) is 15.6 Å². The minimum absolute atomic E-state index is 0.0433. The van der Waals surface area contributed by atoms with Crippen molar-refractivity contribution in [1.29, 1.82) is 0 Å². The Morgan fingerprint density at radius 2 is 2.16 bits per heavy atom. The van der Waals surface area contributed by atoms with Crippen LogP contribution in [0.25, 0.3) is 16.6 Å². The molecular formula is C20H24Cl2N6O3. The summed E-state index contributed by atoms with van der Waals surface area (Å²) in [5.74, 6) is -0.580. The van der Waals surface area contributed by atoms with E-state index in [-0.39, 0.29) is 18.4 Å². The number of rotatable bonds is 7. The molecule has 1 aromatic carbocycles. The van der Waals surface area contributed by atoms with Gasteiger partial charge in [-0.25, -0.2) is 0 Å². The third-order valence-corrected chi connectivity index (χ3v) is 5.79. The second-order valence-electron chi connectivity index (χ2n) is 7.03. The average Bonchev–Trinajstić information content (AvgIpc) is 3.16. The zero-order valence-electron chi connectivity index (χ0n) is 16.8. The highest BCUT2D eigenvalue weighted by molar-refractivity contribution is 6.45. The topological polar surface area (TPSA) is 150 Å². The first-order chi connectivity index (χ1) is 14.9. The van der Waals surface area contributed by atoms with Gasteiger partial charge >= 0.3 is 0 Å². The Bertz CT molecular complexity index is 1060. The molecular weight excluding hydrogens is 443 g/mol. The van der Waals surface area contributed by atoms with Crippen molar-refractivity contribution in [3.8, 4) is 0 Å². The van der Waals surface area contributed by atoms with Gasteiger partial charge in [0.25, 0.3) is 0 Å². The van der Waals surface area contributed by atoms with Crippen LogP contribution in [0.15, 0.2) is 17.1 Å². The number of hydrogen-bond acceptors (Lipinski definition) is 6. The monoisotopic (exact) mass is 466 g/mol. The lowest BCUT2D eigenvalue weighted by Gasteiger charge is -2.27. The van der Waals surface area contributed by atoms with Crippen LogP contribution >= 0.6 is 23.2 Å². The molecule has 11 heteroatoms. The van der Waals surface area contributed by atoms with Gasteiger partial charge in [-0.15, -0.1) is 0 Å². The third kappa shape index (κ3) is 5.01. The lowest BCUT2D eigenvalue weighted by molar-refractivity contribution is -0.135. The number of aromatic nitrogens is 1. The van der Waals surface area contributed by atoms with Crippen LogP contribution in [0.3, 0.4) is 0 Å². The molecule has 9 nitrogen and oxygen atoms in total. The number of hydrogen-bond donors (Lipinski definition) is 5. The summed E-state index contributed by atoms with van der Waals surface area (Å²) in [5, 5.41) is 13.3. The molecule has 1 aliphatic rings. The molecule has 0 unspecified atom stereocenters. The average molecular weight is 467 g/mol. The molecule has 0 saturated heterocycles. The zero-order chi connectivity index (χ0) is 22.5. The first-order valence-corrected chi connectivity index (χ1v) is 10.5. The predicted molar refractivity (Wildman–Crippen MR) is 122 cm³/mol. The summed E-state index contributed by atoms with van der Waals surface area (Å²) in [6.07, 6.45) is 3.62. The van der Waals surface area contributed by atoms with E-state index in [1.165, 1.54) is 6.21 Å². The van der Waals surface area contributed by atoms with Crippen molar-refractivity contribution in [2.75, 3.05) is 32.8 Å². The van der Waals surface area contributed by atoms with E-state index in [2.05, 4.69) is 15.3 Å². The van der Waals surface area contributed by atoms with E-state index in [1.54, 1.807) is 17.0 Å². The highest BCUT2D eigenvalue weighted by Crippen LogP contribution is 2.39. The summed E-state index contributed by atoms with van der Waals surface area (Å²) in [6.45, 7) is 0.971. The van der Waals surface area contributed by atoms with E-state index in [4.69, 9.17) is 34.7 Å². The highest BCUT2D eigenvalue weighted by Gasteiger charge is 2.26. The number of amides is 2. The maximum Gasteiger partial charge on any atom is 0.248 e. The van der Waals surface area contributed by atoms with Gasteiger partial charge < -0.3 is 31.8 Å². The first-order valence-electron chi connectivity index (χ1n) is 9.70. The molecule has 2 heterocycles. The van der Waals surface area contributed by atoms with Gasteiger partial charge in [-0.2, -0.15) is 0 Å². The molecule has 166 valence electrons. The number of H-pyrrole nitrogens is 1. The normalized spacial score (nSPS) is 14.3. The largest absolute Gasteiger partial charge is 0.398 e. The third-order valence-electron chi connectivity index (χ3n) is 5.00. The Kier molecular flexibility index (Phi) is 7.55. The molecule has 0 saturated carbocycles. The van der Waals surface area contributed by atoms with Crippen molar-refractivity contribution in [3.63, 3.8) is 0 Å². The molecule has 2 aromatic rings. The summed E-state index contributed by atoms with van der Waals surface area (Å²) in [7, 11) is 0. The van der Waals surface area contributed by atoms with Crippen molar-refractivity contribution in [3.05, 3.63) is 39.0 Å². The Morgan fingerprint density at radius 3 is 2.87 bits per heavy atom. The second kappa shape index (κ2) is 10.1. The Hall–Kier alpha value is -2.59. The lowest BCUT2D eigenvalue weighted by Crippen LogP contribution is -2.37. The fraction of sp³-hybridized carbons (Fsp3) is 0.350. The number of nitrogens with two attached hydrogens (primary N) is 2. The molecule has 3 rings (SSSR count). The van der Waals surface area contributed by atoms with Crippen molar-refractivity contribution in [2.24, 2.45) is 16.5 Å². The molecule has 7 N–H and O–H groups in total. The lowest BCUT2D eigenvalue weighted by atomic mass is 9.99. The maximum atomic E-state index is 12.0. The number of fused-ring (bicyclic) bond motifs is 3. The van der Waals surface area contributed by atoms with Gasteiger partial charge in [0.2, 0.25) is 11.8 Å². The zero-order valence-corrected chi connectivity index (χ0v) is 18.3. The molecule has 0 fully saturated rings. The number of benzene rings is 1. The highest BCUT2D eigenvalue weighted by atomic mass is 35.5. The van der Waals surface area contributed by atoms with Gasteiger partial charge in [-0.3, -0.25) is 14.6 Å². The number of nitrogens with one attached hydrogen (secondary N) is 2. The Morgan fingerprint density at radius 1 is 1.39 bits per heavy atom. The smallest absolute Gasteiger partial charge is 0.248 e. The Labute approximate surface area is 189 Å². The number of aliphatic imine (C=N–C) groups is 1. The minimum atomic E-state index is -0.547. The van der Waals surface area contributed by atoms with E-state index in [0.29, 0.717) is 59.4 Å². The molecule has 0 spiro atoms. The second-order valence-corrected chi connectivity index (χ2v) is 7.81. The molecule has 0 radical (unpaired) electrons. The molecule has 2 amide bonds. The van der Waals surface area contributed by atoms with Crippen LogP contribution in [0.4, 0.5) is 0 Å². The van der Waals surface area contributed by atoms with Crippen LogP contribution in [-0.4, -0.2) is 65.8 Å². The predicted octanol–water partition coefficient (Wildman–Crippen LogP) is 0.797. The summed E-state index contributed by atoms with van der Waals surface area (Å²) in [6, 6.07) is 1.67. The van der Waals surface area contributed by atoms with Gasteiger partial charge in [0.15, 0.2) is 0 Å². The molecule has 1 aromatic heterocycles. The first kappa shape index (κ1) is 23.1. The number of aliphatic hydroxyl groups is 1. The van der Waals surface area contributed by atoms with Crippen molar-refractivity contribution < 1.29 is 14.7 Å². The van der Waals surface area contributed by atoms with E-state index in [1.807, 2.05) is 0 Å². The molecule has 0 atom stereocenters. The van der Waals surface area contributed by atoms with Gasteiger partial charge in [-0.1, -0.05) is 23.2 Å². The number of aromatic amines is 1. The number of allylic oxidation sites excluding steroid dienone is 1. The number of halogens is 2. The summed E-state index contributed by atoms with van der Waals surface area (Å²) >= 11 is 12.8. The van der Waals surface area contributed by atoms with Crippen LogP contribution in [0.2, 0.25) is 10.0 Å². The fourth-order valence-corrected chi connectivity index (χ4v) is 3.91. The van der Waals surface area contributed by atoms with Crippen molar-refractivity contribution in [2.45, 2.75) is 13.0 Å². The van der Waals surface area contributed by atoms with Crippen LogP contribution < -0.4 is 16.8 Å². The number of aliphatic hydroxyl groups excluding tert-OH is 1. The quantitative estimate of drug-likeness (QED) is 0.382. The summed E-state index contributed by atoms with van der Waals surface area (Å²) in [4.78, 5) is 32.5. The summed E-state index contributed by atoms with van der Waals surface area (Å²) in [5.41, 5.74) is 15.1. The standard InChI is InChI=1S/C20H24Cl2N6O3/c21-13-7-11(14(24)1-4-25-8-16(30)26-5-3-23)18-12-9-28(17(31)10-29)6-2-15(12)27-20(18)19(13)22/h1,4,7,27,29H,2-3,5-6,8-10,23-24H2,(H,26,30). The Balaban J connectivity index is 1.95. The van der Waals surface area contributed by atoms with E-state index in [0.717, 1.165) is 16.6 Å².